The number of nitrogens with one attached hydrogen (secondary N) is 1. The van der Waals surface area contributed by atoms with Crippen molar-refractivity contribution in [1.82, 2.24) is 15.1 Å². The smallest absolute Gasteiger partial charge is 0.247 e. The fraction of sp³-hybridized carbons (Fsp3) is 0.615. The van der Waals surface area contributed by atoms with Crippen LogP contribution in [0.15, 0.2) is 23.8 Å². The Labute approximate surface area is 236 Å². The number of aliphatic hydroxyl groups excluding tert-OH is 3. The van der Waals surface area contributed by atoms with Crippen molar-refractivity contribution in [2.24, 2.45) is 0 Å². The van der Waals surface area contributed by atoms with Gasteiger partial charge < -0.3 is 39.7 Å². The second-order valence-corrected chi connectivity index (χ2v) is 10.3. The zero-order valence-corrected chi connectivity index (χ0v) is 24.1. The van der Waals surface area contributed by atoms with Gasteiger partial charge in [0.15, 0.2) is 11.5 Å². The summed E-state index contributed by atoms with van der Waals surface area (Å²) < 4.78 is 17.8. The summed E-state index contributed by atoms with van der Waals surface area (Å²) in [5.74, 6) is 0.225. The Bertz CT molecular complexity index is 985. The number of rotatable bonds is 12. The number of aliphatic hydroxyl groups is 3. The van der Waals surface area contributed by atoms with Crippen LogP contribution in [-0.4, -0.2) is 115 Å². The lowest BCUT2D eigenvalue weighted by Crippen LogP contribution is -2.56. The van der Waals surface area contributed by atoms with E-state index in [0.717, 1.165) is 13.1 Å². The van der Waals surface area contributed by atoms with E-state index in [9.17, 15) is 24.9 Å². The normalized spacial score (nSPS) is 21.9. The van der Waals surface area contributed by atoms with E-state index in [2.05, 4.69) is 32.8 Å². The number of halogens is 1. The predicted octanol–water partition coefficient (Wildman–Crippen LogP) is 0.278. The Morgan fingerprint density at radius 2 is 2.00 bits per heavy atom. The number of carbonyl (C=O) groups is 2. The van der Waals surface area contributed by atoms with E-state index in [-0.39, 0.29) is 44.4 Å². The van der Waals surface area contributed by atoms with E-state index in [1.54, 1.807) is 30.0 Å². The standard InChI is InChI=1S/C26H38IN3O8/c1-3-23(33)30(6-5-29-7-10-37-11-8-29)20-14-18(26(35)28-4-9-31)15-21(24(20)34)38-25-19(27)12-17(16-32)13-22(25)36-2/h12-13,15,20-21,24,31-32,34H,3-11,14,16H2,1-2H3,(H,28,35). The van der Waals surface area contributed by atoms with Gasteiger partial charge in [0.2, 0.25) is 11.8 Å². The third-order valence-corrected chi connectivity index (χ3v) is 7.53. The molecular formula is C26H38IN3O8. The summed E-state index contributed by atoms with van der Waals surface area (Å²) in [5, 5.41) is 32.9. The van der Waals surface area contributed by atoms with Gasteiger partial charge in [-0.15, -0.1) is 0 Å². The molecule has 1 aromatic carbocycles. The molecule has 12 heteroatoms. The summed E-state index contributed by atoms with van der Waals surface area (Å²) in [6, 6.07) is 2.70. The van der Waals surface area contributed by atoms with Crippen molar-refractivity contribution in [3.05, 3.63) is 32.9 Å². The summed E-state index contributed by atoms with van der Waals surface area (Å²) in [4.78, 5) is 29.9. The third kappa shape index (κ3) is 7.79. The lowest BCUT2D eigenvalue weighted by Gasteiger charge is -2.41. The van der Waals surface area contributed by atoms with Crippen molar-refractivity contribution in [3.63, 3.8) is 0 Å². The molecule has 1 heterocycles. The number of benzene rings is 1. The Morgan fingerprint density at radius 3 is 2.63 bits per heavy atom. The van der Waals surface area contributed by atoms with Crippen LogP contribution in [0.2, 0.25) is 0 Å². The molecule has 0 spiro atoms. The molecule has 2 aliphatic rings. The minimum absolute atomic E-state index is 0.0812. The van der Waals surface area contributed by atoms with Gasteiger partial charge in [-0.3, -0.25) is 14.5 Å². The maximum atomic E-state index is 13.1. The molecule has 1 fully saturated rings. The molecule has 11 nitrogen and oxygen atoms in total. The monoisotopic (exact) mass is 647 g/mol. The number of ether oxygens (including phenoxy) is 3. The van der Waals surface area contributed by atoms with Crippen LogP contribution in [0.1, 0.15) is 25.3 Å². The van der Waals surface area contributed by atoms with Gasteiger partial charge in [-0.2, -0.15) is 0 Å². The number of morpholine rings is 1. The third-order valence-electron chi connectivity index (χ3n) is 6.72. The predicted molar refractivity (Wildman–Crippen MR) is 148 cm³/mol. The van der Waals surface area contributed by atoms with E-state index in [4.69, 9.17) is 14.2 Å². The van der Waals surface area contributed by atoms with E-state index < -0.39 is 18.2 Å². The van der Waals surface area contributed by atoms with Crippen molar-refractivity contribution in [2.75, 3.05) is 59.7 Å². The van der Waals surface area contributed by atoms with E-state index in [1.165, 1.54) is 7.11 Å². The summed E-state index contributed by atoms with van der Waals surface area (Å²) >= 11 is 2.07. The molecule has 2 amide bonds. The number of hydrogen-bond donors (Lipinski definition) is 4. The first-order valence-electron chi connectivity index (χ1n) is 12.8. The summed E-state index contributed by atoms with van der Waals surface area (Å²) in [6.07, 6.45) is -0.114. The summed E-state index contributed by atoms with van der Waals surface area (Å²) in [5.41, 5.74) is 1.00. The van der Waals surface area contributed by atoms with Gasteiger partial charge >= 0.3 is 0 Å². The van der Waals surface area contributed by atoms with Crippen LogP contribution in [0.25, 0.3) is 0 Å². The molecule has 1 aliphatic carbocycles. The first kappa shape index (κ1) is 30.6. The molecular weight excluding hydrogens is 609 g/mol. The molecule has 0 radical (unpaired) electrons. The van der Waals surface area contributed by atoms with Crippen LogP contribution in [-0.2, 0) is 20.9 Å². The van der Waals surface area contributed by atoms with Crippen LogP contribution < -0.4 is 14.8 Å². The lowest BCUT2D eigenvalue weighted by molar-refractivity contribution is -0.138. The maximum Gasteiger partial charge on any atom is 0.247 e. The molecule has 1 aliphatic heterocycles. The van der Waals surface area contributed by atoms with Crippen LogP contribution >= 0.6 is 22.6 Å². The summed E-state index contributed by atoms with van der Waals surface area (Å²) in [6.45, 7) is 5.28. The van der Waals surface area contributed by atoms with Gasteiger partial charge in [-0.25, -0.2) is 0 Å². The Morgan fingerprint density at radius 1 is 1.26 bits per heavy atom. The molecule has 0 bridgehead atoms. The van der Waals surface area contributed by atoms with E-state index in [1.807, 2.05) is 0 Å². The van der Waals surface area contributed by atoms with Crippen LogP contribution in [0.5, 0.6) is 11.5 Å². The highest BCUT2D eigenvalue weighted by molar-refractivity contribution is 14.1. The Kier molecular flexibility index (Phi) is 12.1. The van der Waals surface area contributed by atoms with Crippen molar-refractivity contribution < 1.29 is 39.1 Å². The van der Waals surface area contributed by atoms with Crippen molar-refractivity contribution in [2.45, 2.75) is 44.6 Å². The minimum atomic E-state index is -1.12. The molecule has 3 atom stereocenters. The summed E-state index contributed by atoms with van der Waals surface area (Å²) in [7, 11) is 1.48. The van der Waals surface area contributed by atoms with Gasteiger partial charge in [0.05, 0.1) is 43.1 Å². The molecule has 212 valence electrons. The van der Waals surface area contributed by atoms with Crippen molar-refractivity contribution in [1.29, 1.82) is 0 Å². The average molecular weight is 648 g/mol. The number of methoxy groups -OCH3 is 1. The maximum absolute atomic E-state index is 13.1. The molecule has 3 unspecified atom stereocenters. The Hall–Kier alpha value is -1.97. The van der Waals surface area contributed by atoms with Crippen molar-refractivity contribution in [3.8, 4) is 11.5 Å². The highest BCUT2D eigenvalue weighted by atomic mass is 127. The lowest BCUT2D eigenvalue weighted by atomic mass is 9.88. The van der Waals surface area contributed by atoms with Gasteiger partial charge in [0.25, 0.3) is 0 Å². The quantitative estimate of drug-likeness (QED) is 0.236. The second-order valence-electron chi connectivity index (χ2n) is 9.18. The molecule has 0 aromatic heterocycles. The number of hydrogen-bond acceptors (Lipinski definition) is 9. The highest BCUT2D eigenvalue weighted by Crippen LogP contribution is 2.37. The van der Waals surface area contributed by atoms with Gasteiger partial charge in [-0.05, 0) is 46.4 Å². The van der Waals surface area contributed by atoms with Crippen LogP contribution in [0.4, 0.5) is 0 Å². The minimum Gasteiger partial charge on any atom is -0.493 e. The van der Waals surface area contributed by atoms with Crippen LogP contribution in [0.3, 0.4) is 0 Å². The van der Waals surface area contributed by atoms with E-state index in [0.29, 0.717) is 52.5 Å². The molecule has 1 saturated heterocycles. The van der Waals surface area contributed by atoms with Crippen LogP contribution in [0, 0.1) is 3.57 Å². The highest BCUT2D eigenvalue weighted by Gasteiger charge is 2.40. The fourth-order valence-corrected chi connectivity index (χ4v) is 5.44. The Balaban J connectivity index is 1.92. The molecule has 3 rings (SSSR count). The SMILES string of the molecule is CCC(=O)N(CCN1CCOCC1)C1CC(C(=O)NCCO)=CC(Oc2c(I)cc(CO)cc2OC)C1O. The molecule has 1 aromatic rings. The zero-order valence-electron chi connectivity index (χ0n) is 21.9. The fourth-order valence-electron chi connectivity index (χ4n) is 4.65. The van der Waals surface area contributed by atoms with Gasteiger partial charge in [0, 0.05) is 51.1 Å². The molecule has 38 heavy (non-hydrogen) atoms. The largest absolute Gasteiger partial charge is 0.493 e. The zero-order chi connectivity index (χ0) is 27.7. The average Bonchev–Trinajstić information content (AvgIpc) is 2.94. The number of amides is 2. The van der Waals surface area contributed by atoms with Gasteiger partial charge in [-0.1, -0.05) is 6.92 Å². The molecule has 0 saturated carbocycles. The second kappa shape index (κ2) is 15.0. The first-order valence-corrected chi connectivity index (χ1v) is 13.9. The first-order chi connectivity index (χ1) is 18.3. The van der Waals surface area contributed by atoms with E-state index >= 15 is 0 Å². The molecule has 4 N–H and O–H groups in total. The van der Waals surface area contributed by atoms with Crippen molar-refractivity contribution >= 4 is 34.4 Å². The number of nitrogens with zero attached hydrogens (tertiary/aromatic N) is 2. The van der Waals surface area contributed by atoms with Gasteiger partial charge in [0.1, 0.15) is 12.2 Å². The topological polar surface area (TPSA) is 141 Å². The number of carbonyl (C=O) groups excluding carboxylic acids is 2.